The number of allylic oxidation sites excluding steroid dienone is 1. The molecule has 2 N–H and O–H groups in total. The number of nitrogens with two attached hydrogens (primary N) is 1. The summed E-state index contributed by atoms with van der Waals surface area (Å²) in [6, 6.07) is 0. The molecule has 3 heteroatoms. The summed E-state index contributed by atoms with van der Waals surface area (Å²) in [5.41, 5.74) is 0. The predicted octanol–water partition coefficient (Wildman–Crippen LogP) is 1.57. The Bertz CT molecular complexity index is 129. The molecule has 11 heavy (non-hydrogen) atoms. The van der Waals surface area contributed by atoms with E-state index in [1.54, 1.807) is 0 Å². The lowest BCUT2D eigenvalue weighted by Crippen LogP contribution is -2.30. The van der Waals surface area contributed by atoms with Crippen LogP contribution in [0, 0.1) is 5.92 Å². The van der Waals surface area contributed by atoms with Gasteiger partial charge in [0.25, 0.3) is 0 Å². The van der Waals surface area contributed by atoms with Crippen LogP contribution in [-0.4, -0.2) is 18.5 Å². The maximum absolute atomic E-state index is 5.55. The van der Waals surface area contributed by atoms with Crippen molar-refractivity contribution in [2.45, 2.75) is 18.1 Å². The van der Waals surface area contributed by atoms with E-state index in [1.165, 1.54) is 11.9 Å². The molecule has 0 aromatic heterocycles. The van der Waals surface area contributed by atoms with Crippen LogP contribution in [0.25, 0.3) is 0 Å². The summed E-state index contributed by atoms with van der Waals surface area (Å²) in [6.45, 7) is 5.43. The van der Waals surface area contributed by atoms with E-state index in [9.17, 15) is 0 Å². The highest BCUT2D eigenvalue weighted by Gasteiger charge is 2.23. The van der Waals surface area contributed by atoms with E-state index < -0.39 is 0 Å². The van der Waals surface area contributed by atoms with Crippen LogP contribution in [-0.2, 0) is 4.74 Å². The first-order chi connectivity index (χ1) is 5.38. The third-order valence-corrected chi connectivity index (χ3v) is 3.02. The summed E-state index contributed by atoms with van der Waals surface area (Å²) in [5.74, 6) is 0.580. The Morgan fingerprint density at radius 2 is 2.55 bits per heavy atom. The molecule has 1 rings (SSSR count). The van der Waals surface area contributed by atoms with E-state index in [4.69, 9.17) is 9.88 Å². The molecule has 2 atom stereocenters. The summed E-state index contributed by atoms with van der Waals surface area (Å²) in [5, 5.41) is 6.12. The summed E-state index contributed by atoms with van der Waals surface area (Å²) in [4.78, 5) is 0. The first kappa shape index (κ1) is 9.10. The lowest BCUT2D eigenvalue weighted by atomic mass is 9.98. The van der Waals surface area contributed by atoms with Crippen molar-refractivity contribution < 1.29 is 4.74 Å². The summed E-state index contributed by atoms with van der Waals surface area (Å²) < 4.78 is 5.35. The Kier molecular flexibility index (Phi) is 3.97. The number of rotatable bonds is 3. The lowest BCUT2D eigenvalue weighted by molar-refractivity contribution is 0.0602. The Morgan fingerprint density at radius 1 is 1.73 bits per heavy atom. The highest BCUT2D eigenvalue weighted by molar-refractivity contribution is 7.97. The molecule has 1 fully saturated rings. The second-order valence-electron chi connectivity index (χ2n) is 2.82. The van der Waals surface area contributed by atoms with Crippen LogP contribution in [0.3, 0.4) is 0 Å². The highest BCUT2D eigenvalue weighted by atomic mass is 32.2. The molecule has 0 radical (unpaired) electrons. The van der Waals surface area contributed by atoms with Gasteiger partial charge >= 0.3 is 0 Å². The zero-order valence-corrected chi connectivity index (χ0v) is 7.48. The molecule has 1 heterocycles. The average molecular weight is 173 g/mol. The van der Waals surface area contributed by atoms with Crippen molar-refractivity contribution in [1.82, 2.24) is 0 Å². The topological polar surface area (TPSA) is 35.2 Å². The molecular weight excluding hydrogens is 158 g/mol. The molecule has 0 bridgehead atoms. The molecule has 64 valence electrons. The van der Waals surface area contributed by atoms with E-state index >= 15 is 0 Å². The average Bonchev–Trinajstić information content (AvgIpc) is 2.06. The third-order valence-electron chi connectivity index (χ3n) is 2.05. The van der Waals surface area contributed by atoms with Crippen LogP contribution in [0.5, 0.6) is 0 Å². The fourth-order valence-corrected chi connectivity index (χ4v) is 2.03. The minimum Gasteiger partial charge on any atom is -0.381 e. The zero-order valence-electron chi connectivity index (χ0n) is 6.66. The molecule has 0 spiro atoms. The van der Waals surface area contributed by atoms with Gasteiger partial charge in [0, 0.05) is 11.9 Å². The minimum absolute atomic E-state index is 0.571. The molecule has 0 aromatic carbocycles. The van der Waals surface area contributed by atoms with Crippen LogP contribution in [0.1, 0.15) is 12.8 Å². The molecule has 0 unspecified atom stereocenters. The van der Waals surface area contributed by atoms with E-state index in [-0.39, 0.29) is 0 Å². The summed E-state index contributed by atoms with van der Waals surface area (Å²) >= 11 is 1.47. The Labute approximate surface area is 72.3 Å². The van der Waals surface area contributed by atoms with Crippen LogP contribution in [0.4, 0.5) is 0 Å². The van der Waals surface area contributed by atoms with Gasteiger partial charge in [-0.3, -0.25) is 5.14 Å². The van der Waals surface area contributed by atoms with Crippen molar-refractivity contribution >= 4 is 11.9 Å². The van der Waals surface area contributed by atoms with Crippen molar-refractivity contribution in [3.05, 3.63) is 12.7 Å². The van der Waals surface area contributed by atoms with E-state index in [0.717, 1.165) is 26.1 Å². The molecule has 0 saturated carbocycles. The molecule has 0 aromatic rings. The first-order valence-corrected chi connectivity index (χ1v) is 4.87. The molecule has 0 amide bonds. The minimum atomic E-state index is 0.571. The van der Waals surface area contributed by atoms with Gasteiger partial charge in [-0.05, 0) is 18.8 Å². The zero-order chi connectivity index (χ0) is 8.10. The fourth-order valence-electron chi connectivity index (χ4n) is 1.39. The van der Waals surface area contributed by atoms with Crippen molar-refractivity contribution in [3.63, 3.8) is 0 Å². The molecule has 1 aliphatic rings. The van der Waals surface area contributed by atoms with Crippen molar-refractivity contribution in [2.24, 2.45) is 11.1 Å². The van der Waals surface area contributed by atoms with Gasteiger partial charge in [-0.1, -0.05) is 18.0 Å². The maximum atomic E-state index is 5.55. The summed E-state index contributed by atoms with van der Waals surface area (Å²) in [7, 11) is 0. The third kappa shape index (κ3) is 2.51. The van der Waals surface area contributed by atoms with E-state index in [1.807, 2.05) is 6.08 Å². The van der Waals surface area contributed by atoms with Crippen LogP contribution >= 0.6 is 11.9 Å². The normalized spacial score (nSPS) is 31.7. The second kappa shape index (κ2) is 4.80. The van der Waals surface area contributed by atoms with Gasteiger partial charge in [-0.15, -0.1) is 6.58 Å². The number of hydrogen-bond donors (Lipinski definition) is 1. The Hall–Kier alpha value is 0.01000. The van der Waals surface area contributed by atoms with Gasteiger partial charge in [-0.2, -0.15) is 0 Å². The van der Waals surface area contributed by atoms with Crippen molar-refractivity contribution in [3.8, 4) is 0 Å². The van der Waals surface area contributed by atoms with Gasteiger partial charge in [0.15, 0.2) is 0 Å². The van der Waals surface area contributed by atoms with Crippen molar-refractivity contribution in [2.75, 3.05) is 13.2 Å². The van der Waals surface area contributed by atoms with E-state index in [0.29, 0.717) is 11.2 Å². The van der Waals surface area contributed by atoms with Gasteiger partial charge in [-0.25, -0.2) is 0 Å². The van der Waals surface area contributed by atoms with Gasteiger partial charge < -0.3 is 4.74 Å². The quantitative estimate of drug-likeness (QED) is 0.520. The monoisotopic (exact) mass is 173 g/mol. The fraction of sp³-hybridized carbons (Fsp3) is 0.750. The Balaban J connectivity index is 2.37. The van der Waals surface area contributed by atoms with Gasteiger partial charge in [0.2, 0.25) is 0 Å². The molecular formula is C8H15NOS. The molecule has 1 saturated heterocycles. The maximum Gasteiger partial charge on any atom is 0.0508 e. The lowest BCUT2D eigenvalue weighted by Gasteiger charge is -2.28. The number of hydrogen-bond acceptors (Lipinski definition) is 3. The standard InChI is InChI=1S/C8H15NOS/c1-2-3-7-6-10-5-4-8(7)11-9/h2,7-8H,1,3-6,9H2/t7-,8-/m1/s1. The predicted molar refractivity (Wildman–Crippen MR) is 49.3 cm³/mol. The SMILES string of the molecule is C=CC[C@@H]1COCC[C@H]1SN. The smallest absolute Gasteiger partial charge is 0.0508 e. The van der Waals surface area contributed by atoms with Crippen LogP contribution in [0.15, 0.2) is 12.7 Å². The molecule has 2 nitrogen and oxygen atoms in total. The Morgan fingerprint density at radius 3 is 3.18 bits per heavy atom. The van der Waals surface area contributed by atoms with E-state index in [2.05, 4.69) is 6.58 Å². The van der Waals surface area contributed by atoms with Gasteiger partial charge in [0.05, 0.1) is 6.61 Å². The van der Waals surface area contributed by atoms with Gasteiger partial charge in [0.1, 0.15) is 0 Å². The summed E-state index contributed by atoms with van der Waals surface area (Å²) in [6.07, 6.45) is 4.05. The van der Waals surface area contributed by atoms with Crippen LogP contribution < -0.4 is 5.14 Å². The molecule has 1 aliphatic heterocycles. The van der Waals surface area contributed by atoms with Crippen molar-refractivity contribution in [1.29, 1.82) is 0 Å². The number of ether oxygens (including phenoxy) is 1. The first-order valence-electron chi connectivity index (χ1n) is 3.92. The molecule has 0 aliphatic carbocycles. The van der Waals surface area contributed by atoms with Crippen LogP contribution in [0.2, 0.25) is 0 Å². The second-order valence-corrected chi connectivity index (χ2v) is 3.70. The largest absolute Gasteiger partial charge is 0.381 e. The highest BCUT2D eigenvalue weighted by Crippen LogP contribution is 2.26.